The number of primary amides is 1. The molecule has 1 aliphatic heterocycles. The van der Waals surface area contributed by atoms with Crippen molar-refractivity contribution in [2.75, 3.05) is 23.3 Å². The molecule has 6 N–H and O–H groups in total. The molecule has 0 unspecified atom stereocenters. The molecule has 1 saturated carbocycles. The van der Waals surface area contributed by atoms with E-state index in [2.05, 4.69) is 53.0 Å². The standard InChI is InChI=1S/C18H23N7.C7H17N.C2H6.CH3NO/c1-18(2)8-4-9-24(18)17-20-16(14-5-3-10-25(14)23-17)19-15-11-13(21-22-15)12-6-7-12;1-2-3-4-5-6-7-8;1-2;2-1-3/h3,5,10-12H,4,6-9H2,1-2H3,(H2,19,20,21,22,23);2-8H2,1H3;1-2H3;1H,(H2,2,3). The van der Waals surface area contributed by atoms with Gasteiger partial charge in [0.2, 0.25) is 12.4 Å². The number of fused-ring (bicyclic) bond motifs is 1. The molecule has 2 fully saturated rings. The van der Waals surface area contributed by atoms with Gasteiger partial charge in [0.25, 0.3) is 0 Å². The number of unbranched alkanes of at least 4 members (excludes halogenated alkanes) is 4. The third kappa shape index (κ3) is 9.01. The van der Waals surface area contributed by atoms with E-state index in [0.29, 0.717) is 5.92 Å². The van der Waals surface area contributed by atoms with Crippen LogP contribution in [0.2, 0.25) is 0 Å². The van der Waals surface area contributed by atoms with E-state index in [1.807, 2.05) is 36.7 Å². The molecule has 0 bridgehead atoms. The van der Waals surface area contributed by atoms with Crippen LogP contribution in [-0.2, 0) is 4.79 Å². The summed E-state index contributed by atoms with van der Waals surface area (Å²) in [6.07, 6.45) is 13.7. The number of carbonyl (C=O) groups excluding carboxylic acids is 1. The minimum absolute atomic E-state index is 0.0869. The van der Waals surface area contributed by atoms with Crippen LogP contribution in [0.4, 0.5) is 17.6 Å². The zero-order chi connectivity index (χ0) is 28.0. The van der Waals surface area contributed by atoms with Crippen LogP contribution in [0.5, 0.6) is 0 Å². The number of hydrogen-bond donors (Lipinski definition) is 4. The van der Waals surface area contributed by atoms with E-state index < -0.39 is 0 Å². The molecule has 1 amide bonds. The Morgan fingerprint density at radius 3 is 2.53 bits per heavy atom. The third-order valence-corrected chi connectivity index (χ3v) is 6.69. The molecule has 0 spiro atoms. The van der Waals surface area contributed by atoms with Gasteiger partial charge in [0.1, 0.15) is 5.52 Å². The van der Waals surface area contributed by atoms with Gasteiger partial charge in [-0.15, -0.1) is 5.10 Å². The third-order valence-electron chi connectivity index (χ3n) is 6.69. The lowest BCUT2D eigenvalue weighted by Crippen LogP contribution is -2.39. The van der Waals surface area contributed by atoms with E-state index in [1.165, 1.54) is 57.1 Å². The molecule has 0 atom stereocenters. The lowest BCUT2D eigenvalue weighted by Gasteiger charge is -2.31. The Labute approximate surface area is 228 Å². The molecule has 10 nitrogen and oxygen atoms in total. The Balaban J connectivity index is 0.000000331. The lowest BCUT2D eigenvalue weighted by molar-refractivity contribution is -0.106. The number of aromatic nitrogens is 5. The van der Waals surface area contributed by atoms with Gasteiger partial charge in [-0.1, -0.05) is 46.5 Å². The first-order valence-corrected chi connectivity index (χ1v) is 14.2. The topological polar surface area (TPSA) is 143 Å². The fourth-order valence-corrected chi connectivity index (χ4v) is 4.48. The predicted molar refractivity (Wildman–Crippen MR) is 157 cm³/mol. The minimum Gasteiger partial charge on any atom is -0.372 e. The van der Waals surface area contributed by atoms with Crippen LogP contribution in [0, 0.1) is 0 Å². The Kier molecular flexibility index (Phi) is 13.1. The summed E-state index contributed by atoms with van der Waals surface area (Å²) < 4.78 is 1.90. The number of nitrogens with one attached hydrogen (secondary N) is 2. The minimum atomic E-state index is 0.0869. The van der Waals surface area contributed by atoms with Gasteiger partial charge in [0.05, 0.1) is 0 Å². The number of nitrogens with zero attached hydrogens (tertiary/aromatic N) is 5. The molecule has 2 aliphatic rings. The number of H-pyrrole nitrogens is 1. The van der Waals surface area contributed by atoms with Gasteiger partial charge in [0, 0.05) is 36.0 Å². The van der Waals surface area contributed by atoms with Gasteiger partial charge < -0.3 is 21.7 Å². The van der Waals surface area contributed by atoms with Crippen LogP contribution in [-0.4, -0.2) is 49.8 Å². The second-order valence-electron chi connectivity index (χ2n) is 10.1. The van der Waals surface area contributed by atoms with Gasteiger partial charge in [0.15, 0.2) is 11.6 Å². The van der Waals surface area contributed by atoms with E-state index in [-0.39, 0.29) is 11.9 Å². The van der Waals surface area contributed by atoms with Crippen molar-refractivity contribution in [1.29, 1.82) is 0 Å². The predicted octanol–water partition coefficient (Wildman–Crippen LogP) is 5.50. The summed E-state index contributed by atoms with van der Waals surface area (Å²) in [4.78, 5) is 15.7. The zero-order valence-corrected chi connectivity index (χ0v) is 24.0. The highest BCUT2D eigenvalue weighted by Gasteiger charge is 2.34. The average Bonchev–Trinajstić information content (AvgIpc) is 3.28. The molecule has 38 heavy (non-hydrogen) atoms. The molecule has 1 aliphatic carbocycles. The molecule has 10 heteroatoms. The quantitative estimate of drug-likeness (QED) is 0.213. The first-order valence-electron chi connectivity index (χ1n) is 14.2. The number of amides is 1. The van der Waals surface area contributed by atoms with Gasteiger partial charge >= 0.3 is 0 Å². The van der Waals surface area contributed by atoms with Gasteiger partial charge in [-0.2, -0.15) is 10.1 Å². The smallest absolute Gasteiger partial charge is 0.246 e. The first-order chi connectivity index (χ1) is 18.4. The van der Waals surface area contributed by atoms with Crippen molar-refractivity contribution in [3.05, 3.63) is 30.1 Å². The van der Waals surface area contributed by atoms with Crippen LogP contribution >= 0.6 is 0 Å². The van der Waals surface area contributed by atoms with Crippen LogP contribution in [0.25, 0.3) is 5.52 Å². The van der Waals surface area contributed by atoms with Crippen LogP contribution in [0.1, 0.15) is 104 Å². The number of anilines is 3. The summed E-state index contributed by atoms with van der Waals surface area (Å²) in [5.74, 6) is 3.04. The molecule has 5 rings (SSSR count). The van der Waals surface area contributed by atoms with Crippen LogP contribution < -0.4 is 21.7 Å². The maximum Gasteiger partial charge on any atom is 0.246 e. The highest BCUT2D eigenvalue weighted by atomic mass is 16.1. The van der Waals surface area contributed by atoms with E-state index in [0.717, 1.165) is 42.6 Å². The molecular formula is C28H49N9O. The molecule has 0 aromatic carbocycles. The van der Waals surface area contributed by atoms with Gasteiger partial charge in [-0.25, -0.2) is 4.52 Å². The van der Waals surface area contributed by atoms with E-state index >= 15 is 0 Å². The summed E-state index contributed by atoms with van der Waals surface area (Å²) >= 11 is 0. The largest absolute Gasteiger partial charge is 0.372 e. The van der Waals surface area contributed by atoms with Crippen molar-refractivity contribution < 1.29 is 4.79 Å². The number of hydrogen-bond acceptors (Lipinski definition) is 7. The number of rotatable bonds is 9. The van der Waals surface area contributed by atoms with Crippen LogP contribution in [0.3, 0.4) is 0 Å². The normalized spacial score (nSPS) is 15.5. The van der Waals surface area contributed by atoms with Crippen molar-refractivity contribution >= 4 is 29.5 Å². The van der Waals surface area contributed by atoms with E-state index in [4.69, 9.17) is 20.6 Å². The van der Waals surface area contributed by atoms with Crippen molar-refractivity contribution in [2.24, 2.45) is 11.5 Å². The van der Waals surface area contributed by atoms with Gasteiger partial charge in [-0.05, 0) is 64.6 Å². The Morgan fingerprint density at radius 2 is 1.92 bits per heavy atom. The van der Waals surface area contributed by atoms with E-state index in [1.54, 1.807) is 0 Å². The Bertz CT molecular complexity index is 1070. The molecule has 3 aromatic heterocycles. The fourth-order valence-electron chi connectivity index (χ4n) is 4.48. The highest BCUT2D eigenvalue weighted by Crippen LogP contribution is 2.40. The maximum absolute atomic E-state index is 8.58. The van der Waals surface area contributed by atoms with E-state index in [9.17, 15) is 0 Å². The molecular weight excluding hydrogens is 478 g/mol. The second-order valence-corrected chi connectivity index (χ2v) is 10.1. The Morgan fingerprint density at radius 1 is 1.21 bits per heavy atom. The van der Waals surface area contributed by atoms with Crippen molar-refractivity contribution in [3.63, 3.8) is 0 Å². The molecule has 4 heterocycles. The van der Waals surface area contributed by atoms with Crippen molar-refractivity contribution in [3.8, 4) is 0 Å². The molecule has 0 radical (unpaired) electrons. The Hall–Kier alpha value is -3.14. The first kappa shape index (κ1) is 31.1. The summed E-state index contributed by atoms with van der Waals surface area (Å²) in [7, 11) is 0. The molecule has 1 saturated heterocycles. The van der Waals surface area contributed by atoms with Crippen molar-refractivity contribution in [1.82, 2.24) is 24.8 Å². The lowest BCUT2D eigenvalue weighted by atomic mass is 10.0. The summed E-state index contributed by atoms with van der Waals surface area (Å²) in [6.45, 7) is 12.6. The SMILES string of the molecule is CC.CC1(C)CCCN1c1nc(Nc2cc(C3CC3)[nH]n2)c2cccn2n1.CCCCCCCN.NC=O. The zero-order valence-electron chi connectivity index (χ0n) is 24.0. The highest BCUT2D eigenvalue weighted by molar-refractivity contribution is 5.73. The number of carbonyl (C=O) groups is 1. The fraction of sp³-hybridized carbons (Fsp3) is 0.643. The van der Waals surface area contributed by atoms with Crippen molar-refractivity contribution in [2.45, 2.75) is 104 Å². The molecule has 212 valence electrons. The monoisotopic (exact) mass is 527 g/mol. The number of aromatic amines is 1. The summed E-state index contributed by atoms with van der Waals surface area (Å²) in [5.41, 5.74) is 11.7. The summed E-state index contributed by atoms with van der Waals surface area (Å²) in [5, 5.41) is 15.6. The number of nitrogens with two attached hydrogens (primary N) is 2. The molecule has 3 aromatic rings. The van der Waals surface area contributed by atoms with Gasteiger partial charge in [-0.3, -0.25) is 9.89 Å². The van der Waals surface area contributed by atoms with Crippen LogP contribution in [0.15, 0.2) is 24.4 Å². The maximum atomic E-state index is 8.58. The second kappa shape index (κ2) is 16.0. The summed E-state index contributed by atoms with van der Waals surface area (Å²) in [6, 6.07) is 6.11. The average molecular weight is 528 g/mol.